The summed E-state index contributed by atoms with van der Waals surface area (Å²) in [6.45, 7) is 2.93. The van der Waals surface area contributed by atoms with E-state index < -0.39 is 0 Å². The van der Waals surface area contributed by atoms with Crippen molar-refractivity contribution in [1.29, 1.82) is 0 Å². The van der Waals surface area contributed by atoms with Crippen LogP contribution in [0.25, 0.3) is 0 Å². The second-order valence-corrected chi connectivity index (χ2v) is 3.32. The van der Waals surface area contributed by atoms with Gasteiger partial charge in [0.15, 0.2) is 0 Å². The number of aliphatic hydroxyl groups excluding tert-OH is 1. The molecule has 3 nitrogen and oxygen atoms in total. The molecule has 2 N–H and O–H groups in total. The fraction of sp³-hybridized carbons (Fsp3) is 0.444. The van der Waals surface area contributed by atoms with Crippen molar-refractivity contribution in [2.75, 3.05) is 6.54 Å². The molecule has 13 heavy (non-hydrogen) atoms. The molecule has 0 bridgehead atoms. The molecule has 0 spiro atoms. The van der Waals surface area contributed by atoms with E-state index >= 15 is 0 Å². The lowest BCUT2D eigenvalue weighted by atomic mass is 10.3. The molecule has 72 valence electrons. The minimum absolute atomic E-state index is 0.334. The zero-order valence-electron chi connectivity index (χ0n) is 7.50. The van der Waals surface area contributed by atoms with Crippen molar-refractivity contribution >= 4 is 11.6 Å². The van der Waals surface area contributed by atoms with E-state index in [0.29, 0.717) is 18.2 Å². The van der Waals surface area contributed by atoms with Crippen molar-refractivity contribution in [2.45, 2.75) is 19.6 Å². The Hall–Kier alpha value is -0.640. The number of nitrogens with one attached hydrogen (secondary N) is 1. The van der Waals surface area contributed by atoms with Crippen LogP contribution in [0.3, 0.4) is 0 Å². The van der Waals surface area contributed by atoms with Crippen LogP contribution in [0.4, 0.5) is 0 Å². The van der Waals surface area contributed by atoms with Gasteiger partial charge in [-0.05, 0) is 19.1 Å². The largest absolute Gasteiger partial charge is 0.392 e. The normalized spacial score (nSPS) is 12.8. The first-order valence-electron chi connectivity index (χ1n) is 4.18. The molecule has 1 heterocycles. The highest BCUT2D eigenvalue weighted by Gasteiger charge is 1.97. The molecule has 4 heteroatoms. The van der Waals surface area contributed by atoms with E-state index in [0.717, 1.165) is 5.69 Å². The molecular weight excluding hydrogens is 188 g/mol. The zero-order valence-corrected chi connectivity index (χ0v) is 8.25. The molecule has 1 aromatic rings. The third kappa shape index (κ3) is 4.22. The minimum Gasteiger partial charge on any atom is -0.392 e. The molecule has 0 saturated heterocycles. The van der Waals surface area contributed by atoms with E-state index in [1.807, 2.05) is 12.1 Å². The standard InChI is InChI=1S/C9H13ClN2O/c1-7(13)5-11-6-8-3-2-4-9(10)12-8/h2-4,7,11,13H,5-6H2,1H3. The van der Waals surface area contributed by atoms with Gasteiger partial charge >= 0.3 is 0 Å². The van der Waals surface area contributed by atoms with Crippen LogP contribution in [-0.2, 0) is 6.54 Å². The van der Waals surface area contributed by atoms with Crippen molar-refractivity contribution in [2.24, 2.45) is 0 Å². The van der Waals surface area contributed by atoms with Crippen LogP contribution in [0.1, 0.15) is 12.6 Å². The first kappa shape index (κ1) is 10.4. The highest BCUT2D eigenvalue weighted by Crippen LogP contribution is 2.04. The second-order valence-electron chi connectivity index (χ2n) is 2.93. The third-order valence-corrected chi connectivity index (χ3v) is 1.73. The van der Waals surface area contributed by atoms with Crippen molar-refractivity contribution in [3.63, 3.8) is 0 Å². The van der Waals surface area contributed by atoms with Crippen molar-refractivity contribution < 1.29 is 5.11 Å². The molecule has 0 aliphatic carbocycles. The topological polar surface area (TPSA) is 45.1 Å². The van der Waals surface area contributed by atoms with E-state index in [-0.39, 0.29) is 6.10 Å². The third-order valence-electron chi connectivity index (χ3n) is 1.52. The molecule has 1 atom stereocenters. The quantitative estimate of drug-likeness (QED) is 0.719. The highest BCUT2D eigenvalue weighted by atomic mass is 35.5. The van der Waals surface area contributed by atoms with Gasteiger partial charge in [-0.2, -0.15) is 0 Å². The van der Waals surface area contributed by atoms with Crippen molar-refractivity contribution in [3.05, 3.63) is 29.0 Å². The minimum atomic E-state index is -0.334. The summed E-state index contributed by atoms with van der Waals surface area (Å²) in [6.07, 6.45) is -0.334. The van der Waals surface area contributed by atoms with Crippen LogP contribution in [0, 0.1) is 0 Å². The fourth-order valence-corrected chi connectivity index (χ4v) is 1.14. The van der Waals surface area contributed by atoms with E-state index in [9.17, 15) is 0 Å². The van der Waals surface area contributed by atoms with Gasteiger partial charge < -0.3 is 10.4 Å². The molecule has 0 aliphatic heterocycles. The van der Waals surface area contributed by atoms with E-state index in [4.69, 9.17) is 16.7 Å². The Morgan fingerprint density at radius 3 is 3.00 bits per heavy atom. The second kappa shape index (κ2) is 5.17. The molecule has 0 fully saturated rings. The first-order valence-corrected chi connectivity index (χ1v) is 4.56. The summed E-state index contributed by atoms with van der Waals surface area (Å²) in [5, 5.41) is 12.5. The average molecular weight is 201 g/mol. The van der Waals surface area contributed by atoms with Gasteiger partial charge in [-0.25, -0.2) is 4.98 Å². The Kier molecular flexibility index (Phi) is 4.15. The summed E-state index contributed by atoms with van der Waals surface area (Å²) in [5.74, 6) is 0. The van der Waals surface area contributed by atoms with Crippen molar-refractivity contribution in [3.8, 4) is 0 Å². The maximum atomic E-state index is 8.98. The Bertz CT molecular complexity index is 266. The summed E-state index contributed by atoms with van der Waals surface area (Å²) < 4.78 is 0. The van der Waals surface area contributed by atoms with Gasteiger partial charge in [0.2, 0.25) is 0 Å². The predicted molar refractivity (Wildman–Crippen MR) is 52.6 cm³/mol. The molecule has 1 rings (SSSR count). The van der Waals surface area contributed by atoms with Gasteiger partial charge in [-0.1, -0.05) is 17.7 Å². The molecule has 0 saturated carbocycles. The molecule has 0 radical (unpaired) electrons. The molecule has 1 unspecified atom stereocenters. The first-order chi connectivity index (χ1) is 6.18. The Balaban J connectivity index is 2.37. The van der Waals surface area contributed by atoms with Gasteiger partial charge in [-0.3, -0.25) is 0 Å². The van der Waals surface area contributed by atoms with E-state index in [1.165, 1.54) is 0 Å². The number of pyridine rings is 1. The molecule has 1 aromatic heterocycles. The van der Waals surface area contributed by atoms with Crippen LogP contribution in [0.15, 0.2) is 18.2 Å². The van der Waals surface area contributed by atoms with Gasteiger partial charge in [0.1, 0.15) is 5.15 Å². The molecular formula is C9H13ClN2O. The fourth-order valence-electron chi connectivity index (χ4n) is 0.958. The van der Waals surface area contributed by atoms with Gasteiger partial charge in [-0.15, -0.1) is 0 Å². The molecule has 0 aliphatic rings. The monoisotopic (exact) mass is 200 g/mol. The Morgan fingerprint density at radius 1 is 1.62 bits per heavy atom. The maximum Gasteiger partial charge on any atom is 0.129 e. The number of rotatable bonds is 4. The number of hydrogen-bond donors (Lipinski definition) is 2. The van der Waals surface area contributed by atoms with E-state index in [2.05, 4.69) is 10.3 Å². The number of aliphatic hydroxyl groups is 1. The number of hydrogen-bond acceptors (Lipinski definition) is 3. The predicted octanol–water partition coefficient (Wildman–Crippen LogP) is 1.21. The lowest BCUT2D eigenvalue weighted by Gasteiger charge is -2.05. The van der Waals surface area contributed by atoms with Crippen LogP contribution in [0.2, 0.25) is 5.15 Å². The maximum absolute atomic E-state index is 8.98. The van der Waals surface area contributed by atoms with Gasteiger partial charge in [0.25, 0.3) is 0 Å². The lowest BCUT2D eigenvalue weighted by Crippen LogP contribution is -2.24. The summed E-state index contributed by atoms with van der Waals surface area (Å²) in [7, 11) is 0. The Labute approximate surface area is 82.8 Å². The van der Waals surface area contributed by atoms with Gasteiger partial charge in [0.05, 0.1) is 11.8 Å². The number of halogens is 1. The number of aromatic nitrogens is 1. The van der Waals surface area contributed by atoms with E-state index in [1.54, 1.807) is 13.0 Å². The lowest BCUT2D eigenvalue weighted by molar-refractivity contribution is 0.191. The van der Waals surface area contributed by atoms with Crippen LogP contribution >= 0.6 is 11.6 Å². The summed E-state index contributed by atoms with van der Waals surface area (Å²) >= 11 is 5.70. The zero-order chi connectivity index (χ0) is 9.68. The summed E-state index contributed by atoms with van der Waals surface area (Å²) in [5.41, 5.74) is 0.883. The number of nitrogens with zero attached hydrogens (tertiary/aromatic N) is 1. The van der Waals surface area contributed by atoms with Crippen LogP contribution in [0.5, 0.6) is 0 Å². The molecule has 0 amide bonds. The highest BCUT2D eigenvalue weighted by molar-refractivity contribution is 6.29. The molecule has 0 aromatic carbocycles. The summed E-state index contributed by atoms with van der Waals surface area (Å²) in [6, 6.07) is 5.48. The smallest absolute Gasteiger partial charge is 0.129 e. The van der Waals surface area contributed by atoms with Crippen LogP contribution in [-0.4, -0.2) is 22.7 Å². The SMILES string of the molecule is CC(O)CNCc1cccc(Cl)n1. The Morgan fingerprint density at radius 2 is 2.38 bits per heavy atom. The van der Waals surface area contributed by atoms with Gasteiger partial charge in [0, 0.05) is 13.1 Å². The summed E-state index contributed by atoms with van der Waals surface area (Å²) in [4.78, 5) is 4.09. The van der Waals surface area contributed by atoms with Crippen LogP contribution < -0.4 is 5.32 Å². The van der Waals surface area contributed by atoms with Crippen molar-refractivity contribution in [1.82, 2.24) is 10.3 Å². The average Bonchev–Trinajstić information content (AvgIpc) is 2.03.